The van der Waals surface area contributed by atoms with Crippen molar-refractivity contribution in [2.75, 3.05) is 37.8 Å². The molecule has 1 aromatic carbocycles. The Kier molecular flexibility index (Phi) is 5.59. The van der Waals surface area contributed by atoms with Crippen molar-refractivity contribution in [2.45, 2.75) is 12.7 Å². The molecule has 11 heteroatoms. The number of anilines is 1. The highest BCUT2D eigenvalue weighted by Crippen LogP contribution is 2.34. The van der Waals surface area contributed by atoms with Gasteiger partial charge < -0.3 is 11.1 Å². The molecule has 0 unspecified atom stereocenters. The number of carbonyl (C=O) groups excluding carboxylic acids is 1. The molecule has 1 aliphatic heterocycles. The minimum atomic E-state index is -4.58. The van der Waals surface area contributed by atoms with E-state index in [0.717, 1.165) is 12.3 Å². The number of piperazine rings is 1. The average Bonchev–Trinajstić information content (AvgIpc) is 2.47. The lowest BCUT2D eigenvalue weighted by molar-refractivity contribution is -0.138. The van der Waals surface area contributed by atoms with Crippen molar-refractivity contribution in [1.29, 1.82) is 0 Å². The van der Waals surface area contributed by atoms with Crippen LogP contribution in [0.1, 0.15) is 11.1 Å². The van der Waals surface area contributed by atoms with Crippen LogP contribution in [-0.2, 0) is 22.7 Å². The molecule has 0 radical (unpaired) electrons. The number of nitrogens with zero attached hydrogens (tertiary/aromatic N) is 2. The second-order valence-electron chi connectivity index (χ2n) is 5.80. The van der Waals surface area contributed by atoms with Crippen molar-refractivity contribution in [3.63, 3.8) is 0 Å². The highest BCUT2D eigenvalue weighted by Gasteiger charge is 2.34. The van der Waals surface area contributed by atoms with Crippen molar-refractivity contribution in [2.24, 2.45) is 5.73 Å². The fraction of sp³-hybridized carbons (Fsp3) is 0.500. The molecular weight excluding hydrogens is 361 g/mol. The van der Waals surface area contributed by atoms with Gasteiger partial charge in [-0.05, 0) is 17.7 Å². The van der Waals surface area contributed by atoms with E-state index >= 15 is 0 Å². The predicted octanol–water partition coefficient (Wildman–Crippen LogP) is 1.27. The van der Waals surface area contributed by atoms with Gasteiger partial charge in [-0.2, -0.15) is 17.5 Å². The van der Waals surface area contributed by atoms with Crippen molar-refractivity contribution in [3.8, 4) is 0 Å². The first-order valence-corrected chi connectivity index (χ1v) is 9.25. The molecule has 140 valence electrons. The number of hydrogen-bond acceptors (Lipinski definition) is 4. The van der Waals surface area contributed by atoms with Gasteiger partial charge in [0.1, 0.15) is 0 Å². The van der Waals surface area contributed by atoms with E-state index in [1.807, 2.05) is 0 Å². The zero-order valence-electron chi connectivity index (χ0n) is 13.5. The van der Waals surface area contributed by atoms with Gasteiger partial charge >= 0.3 is 12.2 Å². The van der Waals surface area contributed by atoms with Gasteiger partial charge in [0.05, 0.1) is 11.8 Å². The summed E-state index contributed by atoms with van der Waals surface area (Å²) in [6, 6.07) is 2.53. The molecule has 1 fully saturated rings. The molecule has 1 aromatic rings. The quantitative estimate of drug-likeness (QED) is 0.822. The maximum absolute atomic E-state index is 13.3. The zero-order chi connectivity index (χ0) is 18.8. The summed E-state index contributed by atoms with van der Waals surface area (Å²) in [4.78, 5) is 12.6. The van der Waals surface area contributed by atoms with Crippen LogP contribution in [0.3, 0.4) is 0 Å². The molecule has 25 heavy (non-hydrogen) atoms. The fourth-order valence-electron chi connectivity index (χ4n) is 2.66. The van der Waals surface area contributed by atoms with Gasteiger partial charge in [-0.15, -0.1) is 0 Å². The number of primary amides is 1. The summed E-state index contributed by atoms with van der Waals surface area (Å²) in [5.74, 6) is 0. The second-order valence-corrected chi connectivity index (χ2v) is 7.78. The Bertz CT molecular complexity index is 744. The Balaban J connectivity index is 2.15. The third-order valence-corrected chi connectivity index (χ3v) is 5.18. The number of hydrogen-bond donors (Lipinski definition) is 2. The molecule has 1 saturated heterocycles. The Morgan fingerprint density at radius 2 is 1.84 bits per heavy atom. The zero-order valence-corrected chi connectivity index (χ0v) is 14.3. The highest BCUT2D eigenvalue weighted by molar-refractivity contribution is 7.88. The maximum atomic E-state index is 13.3. The van der Waals surface area contributed by atoms with Crippen molar-refractivity contribution >= 4 is 21.7 Å². The van der Waals surface area contributed by atoms with Crippen LogP contribution in [0.4, 0.5) is 23.7 Å². The lowest BCUT2D eigenvalue weighted by Gasteiger charge is -2.33. The molecule has 0 aromatic heterocycles. The van der Waals surface area contributed by atoms with Crippen LogP contribution in [0.25, 0.3) is 0 Å². The van der Waals surface area contributed by atoms with Crippen LogP contribution in [0.2, 0.25) is 0 Å². The number of sulfonamides is 1. The monoisotopic (exact) mass is 380 g/mol. The summed E-state index contributed by atoms with van der Waals surface area (Å²) < 4.78 is 64.1. The maximum Gasteiger partial charge on any atom is 0.416 e. The number of amides is 2. The van der Waals surface area contributed by atoms with Gasteiger partial charge in [0.25, 0.3) is 0 Å². The molecule has 0 aliphatic carbocycles. The van der Waals surface area contributed by atoms with Crippen molar-refractivity contribution in [3.05, 3.63) is 29.3 Å². The Morgan fingerprint density at radius 1 is 1.24 bits per heavy atom. The predicted molar refractivity (Wildman–Crippen MR) is 86.3 cm³/mol. The Hall–Kier alpha value is -1.85. The van der Waals surface area contributed by atoms with Gasteiger partial charge in [-0.25, -0.2) is 13.2 Å². The number of alkyl halides is 3. The summed E-state index contributed by atoms with van der Waals surface area (Å²) in [5, 5.41) is 2.12. The minimum absolute atomic E-state index is 0.0310. The summed E-state index contributed by atoms with van der Waals surface area (Å²) in [7, 11) is -3.30. The molecule has 7 nitrogen and oxygen atoms in total. The van der Waals surface area contributed by atoms with Crippen LogP contribution < -0.4 is 11.1 Å². The van der Waals surface area contributed by atoms with E-state index in [-0.39, 0.29) is 30.9 Å². The lowest BCUT2D eigenvalue weighted by atomic mass is 10.0. The smallest absolute Gasteiger partial charge is 0.351 e. The summed E-state index contributed by atoms with van der Waals surface area (Å²) >= 11 is 0. The average molecular weight is 380 g/mol. The van der Waals surface area contributed by atoms with Crippen molar-refractivity contribution in [1.82, 2.24) is 9.21 Å². The van der Waals surface area contributed by atoms with Crippen LogP contribution in [0, 0.1) is 0 Å². The lowest BCUT2D eigenvalue weighted by Crippen LogP contribution is -2.47. The van der Waals surface area contributed by atoms with Gasteiger partial charge in [0.15, 0.2) is 0 Å². The number of urea groups is 1. The molecule has 0 spiro atoms. The highest BCUT2D eigenvalue weighted by atomic mass is 32.2. The van der Waals surface area contributed by atoms with Gasteiger partial charge in [0, 0.05) is 38.4 Å². The molecule has 1 heterocycles. The fourth-order valence-corrected chi connectivity index (χ4v) is 3.49. The van der Waals surface area contributed by atoms with Gasteiger partial charge in [-0.3, -0.25) is 4.90 Å². The van der Waals surface area contributed by atoms with Crippen molar-refractivity contribution < 1.29 is 26.4 Å². The van der Waals surface area contributed by atoms with Crippen LogP contribution in [-0.4, -0.2) is 56.1 Å². The van der Waals surface area contributed by atoms with E-state index in [9.17, 15) is 26.4 Å². The van der Waals surface area contributed by atoms with E-state index in [1.54, 1.807) is 4.90 Å². The summed E-state index contributed by atoms with van der Waals surface area (Å²) in [6.07, 6.45) is -3.48. The number of halogens is 3. The molecule has 2 rings (SSSR count). The number of nitrogens with one attached hydrogen (secondary N) is 1. The van der Waals surface area contributed by atoms with E-state index in [0.29, 0.717) is 13.1 Å². The largest absolute Gasteiger partial charge is 0.416 e. The van der Waals surface area contributed by atoms with Gasteiger partial charge in [-0.1, -0.05) is 6.07 Å². The van der Waals surface area contributed by atoms with E-state index in [2.05, 4.69) is 5.32 Å². The Morgan fingerprint density at radius 3 is 2.32 bits per heavy atom. The second kappa shape index (κ2) is 7.18. The molecule has 0 saturated carbocycles. The first-order valence-electron chi connectivity index (χ1n) is 7.41. The standard InChI is InChI=1S/C14H19F3N4O3S/c1-25(23,24)21-6-4-20(5-7-21)9-10-2-3-11(19-13(18)22)8-12(10)14(15,16)17/h2-3,8H,4-7,9H2,1H3,(H3,18,19,22). The SMILES string of the molecule is CS(=O)(=O)N1CCN(Cc2ccc(NC(N)=O)cc2C(F)(F)F)CC1. The molecular formula is C14H19F3N4O3S. The number of carbonyl (C=O) groups is 1. The number of benzene rings is 1. The normalized spacial score (nSPS) is 17.4. The molecule has 3 N–H and O–H groups in total. The van der Waals surface area contributed by atoms with Crippen LogP contribution >= 0.6 is 0 Å². The number of rotatable bonds is 4. The van der Waals surface area contributed by atoms with E-state index in [1.165, 1.54) is 16.4 Å². The summed E-state index contributed by atoms with van der Waals surface area (Å²) in [5.41, 5.74) is 4.08. The molecule has 2 amide bonds. The van der Waals surface area contributed by atoms with Gasteiger partial charge in [0.2, 0.25) is 10.0 Å². The minimum Gasteiger partial charge on any atom is -0.351 e. The first kappa shape index (κ1) is 19.5. The van der Waals surface area contributed by atoms with Crippen LogP contribution in [0.15, 0.2) is 18.2 Å². The molecule has 0 atom stereocenters. The number of nitrogens with two attached hydrogens (primary N) is 1. The summed E-state index contributed by atoms with van der Waals surface area (Å²) in [6.45, 7) is 1.18. The first-order chi connectivity index (χ1) is 11.5. The molecule has 1 aliphatic rings. The van der Waals surface area contributed by atoms with E-state index in [4.69, 9.17) is 5.73 Å². The third-order valence-electron chi connectivity index (χ3n) is 3.88. The Labute approximate surface area is 143 Å². The van der Waals surface area contributed by atoms with E-state index < -0.39 is 27.8 Å². The topological polar surface area (TPSA) is 95.7 Å². The molecule has 0 bridgehead atoms. The third kappa shape index (κ3) is 5.31. The van der Waals surface area contributed by atoms with Crippen LogP contribution in [0.5, 0.6) is 0 Å².